The van der Waals surface area contributed by atoms with E-state index < -0.39 is 16.8 Å². The fourth-order valence-corrected chi connectivity index (χ4v) is 7.24. The molecular formula is C33H36FN9O3S. The van der Waals surface area contributed by atoms with Crippen molar-refractivity contribution in [1.82, 2.24) is 34.4 Å². The Bertz CT molecular complexity index is 1960. The molecule has 2 aliphatic heterocycles. The minimum Gasteiger partial charge on any atom is -0.423 e. The molecule has 5 aromatic rings. The molecule has 7 rings (SSSR count). The number of halogens is 1. The number of nitrogens with zero attached hydrogens (tertiary/aromatic N) is 7. The van der Waals surface area contributed by atoms with Crippen LogP contribution in [0, 0.1) is 5.82 Å². The Balaban J connectivity index is 1.23. The van der Waals surface area contributed by atoms with Crippen molar-refractivity contribution < 1.29 is 13.0 Å². The van der Waals surface area contributed by atoms with Gasteiger partial charge in [0.05, 0.1) is 16.5 Å². The standard InChI is InChI=1S/C33H36FN9O3S/c1-41(26-4-3-13-35-19-26)24-8-6-23(7-9-24)38-33-36-18-22-16-28(27-10-5-21(17-29(27)34)31-40-37-20-46-31)32(44)43(30(22)39-33)25-11-14-42(15-12-25)47(2)45/h5-10,16-18,20,25-26,35H,3-4,11-15,19H2,1-2H3,(H,36,38,39). The molecule has 2 unspecified atom stereocenters. The van der Waals surface area contributed by atoms with E-state index in [4.69, 9.17) is 9.40 Å². The third kappa shape index (κ3) is 6.40. The van der Waals surface area contributed by atoms with Gasteiger partial charge < -0.3 is 20.0 Å². The van der Waals surface area contributed by atoms with Crippen molar-refractivity contribution >= 4 is 39.3 Å². The highest BCUT2D eigenvalue weighted by molar-refractivity contribution is 7.81. The maximum atomic E-state index is 15.6. The number of likely N-dealkylation sites (N-methyl/N-ethyl adjacent to an activating group) is 1. The topological polar surface area (TPSA) is 134 Å². The van der Waals surface area contributed by atoms with Crippen molar-refractivity contribution in [3.8, 4) is 22.6 Å². The van der Waals surface area contributed by atoms with Gasteiger partial charge in [-0.05, 0) is 74.7 Å². The fraction of sp³-hybridized carbons (Fsp3) is 0.364. The zero-order chi connectivity index (χ0) is 32.5. The van der Waals surface area contributed by atoms with E-state index in [1.807, 2.05) is 16.4 Å². The summed E-state index contributed by atoms with van der Waals surface area (Å²) in [7, 11) is 1.02. The molecule has 2 atom stereocenters. The number of anilines is 3. The second kappa shape index (κ2) is 13.3. The minimum absolute atomic E-state index is 0.150. The average Bonchev–Trinajstić information content (AvgIpc) is 3.64. The van der Waals surface area contributed by atoms with Crippen LogP contribution in [0.25, 0.3) is 33.6 Å². The Morgan fingerprint density at radius 3 is 2.57 bits per heavy atom. The van der Waals surface area contributed by atoms with Crippen molar-refractivity contribution in [2.24, 2.45) is 0 Å². The molecular weight excluding hydrogens is 621 g/mol. The molecule has 0 aliphatic carbocycles. The van der Waals surface area contributed by atoms with Crippen LogP contribution in [0.15, 0.2) is 70.3 Å². The molecule has 2 aliphatic rings. The van der Waals surface area contributed by atoms with Gasteiger partial charge in [0.2, 0.25) is 18.2 Å². The lowest BCUT2D eigenvalue weighted by Gasteiger charge is -2.33. The maximum Gasteiger partial charge on any atom is 0.260 e. The lowest BCUT2D eigenvalue weighted by atomic mass is 10.0. The van der Waals surface area contributed by atoms with E-state index in [9.17, 15) is 9.00 Å². The van der Waals surface area contributed by atoms with E-state index in [0.717, 1.165) is 30.9 Å². The summed E-state index contributed by atoms with van der Waals surface area (Å²) in [6.07, 6.45) is 8.00. The fourth-order valence-electron chi connectivity index (χ4n) is 6.52. The van der Waals surface area contributed by atoms with Gasteiger partial charge in [-0.25, -0.2) is 17.9 Å². The van der Waals surface area contributed by atoms with Crippen LogP contribution in [0.4, 0.5) is 21.7 Å². The molecule has 5 heterocycles. The largest absolute Gasteiger partial charge is 0.423 e. The normalized spacial score (nSPS) is 18.3. The number of fused-ring (bicyclic) bond motifs is 1. The van der Waals surface area contributed by atoms with Gasteiger partial charge in [-0.1, -0.05) is 6.07 Å². The summed E-state index contributed by atoms with van der Waals surface area (Å²) >= 11 is 0. The van der Waals surface area contributed by atoms with Crippen LogP contribution in [0.1, 0.15) is 31.7 Å². The highest BCUT2D eigenvalue weighted by Gasteiger charge is 2.27. The molecule has 3 aromatic heterocycles. The number of aromatic nitrogens is 5. The lowest BCUT2D eigenvalue weighted by molar-refractivity contribution is 0.284. The number of benzene rings is 2. The first-order valence-electron chi connectivity index (χ1n) is 15.7. The molecule has 2 aromatic carbocycles. The van der Waals surface area contributed by atoms with E-state index >= 15 is 4.39 Å². The number of rotatable bonds is 8. The highest BCUT2D eigenvalue weighted by Crippen LogP contribution is 2.31. The highest BCUT2D eigenvalue weighted by atomic mass is 32.2. The van der Waals surface area contributed by atoms with Crippen LogP contribution in [-0.4, -0.2) is 78.8 Å². The number of nitrogens with one attached hydrogen (secondary N) is 2. The first-order valence-corrected chi connectivity index (χ1v) is 17.2. The molecule has 47 heavy (non-hydrogen) atoms. The first kappa shape index (κ1) is 31.1. The molecule has 244 valence electrons. The third-order valence-corrected chi connectivity index (χ3v) is 10.2. The number of piperidine rings is 2. The third-order valence-electron chi connectivity index (χ3n) is 9.14. The van der Waals surface area contributed by atoms with Crippen molar-refractivity contribution in [2.45, 2.75) is 37.8 Å². The predicted molar refractivity (Wildman–Crippen MR) is 180 cm³/mol. The Labute approximate surface area is 273 Å². The maximum absolute atomic E-state index is 15.6. The molecule has 0 radical (unpaired) electrons. The molecule has 2 N–H and O–H groups in total. The van der Waals surface area contributed by atoms with Crippen molar-refractivity contribution in [1.29, 1.82) is 0 Å². The summed E-state index contributed by atoms with van der Waals surface area (Å²) < 4.78 is 36.5. The molecule has 12 nitrogen and oxygen atoms in total. The molecule has 0 spiro atoms. The molecule has 14 heteroatoms. The predicted octanol–water partition coefficient (Wildman–Crippen LogP) is 4.51. The van der Waals surface area contributed by atoms with Crippen LogP contribution >= 0.6 is 0 Å². The van der Waals surface area contributed by atoms with E-state index in [-0.39, 0.29) is 28.6 Å². The van der Waals surface area contributed by atoms with E-state index in [1.54, 1.807) is 35.2 Å². The van der Waals surface area contributed by atoms with E-state index in [1.165, 1.54) is 18.9 Å². The number of pyridine rings is 1. The summed E-state index contributed by atoms with van der Waals surface area (Å²) in [4.78, 5) is 25.9. The SMILES string of the molecule is CN(c1ccc(Nc2ncc3cc(-c4ccc(-c5nnco5)cc4F)c(=O)n(C4CCN(S(C)=O)CC4)c3n2)cc1)C1CCCNC1. The van der Waals surface area contributed by atoms with Gasteiger partial charge in [-0.2, -0.15) is 4.98 Å². The summed E-state index contributed by atoms with van der Waals surface area (Å²) in [6.45, 7) is 3.16. The summed E-state index contributed by atoms with van der Waals surface area (Å²) in [5.74, 6) is -0.0609. The molecule has 2 saturated heterocycles. The van der Waals surface area contributed by atoms with Crippen LogP contribution in [0.3, 0.4) is 0 Å². The van der Waals surface area contributed by atoms with Crippen LogP contribution in [0.5, 0.6) is 0 Å². The van der Waals surface area contributed by atoms with Gasteiger partial charge in [0.25, 0.3) is 5.56 Å². The van der Waals surface area contributed by atoms with E-state index in [0.29, 0.717) is 54.5 Å². The van der Waals surface area contributed by atoms with Crippen LogP contribution in [0.2, 0.25) is 0 Å². The lowest BCUT2D eigenvalue weighted by Crippen LogP contribution is -2.44. The monoisotopic (exact) mass is 657 g/mol. The smallest absolute Gasteiger partial charge is 0.260 e. The first-order chi connectivity index (χ1) is 22.9. The number of hydrogen-bond acceptors (Lipinski definition) is 10. The van der Waals surface area contributed by atoms with Gasteiger partial charge in [-0.15, -0.1) is 10.2 Å². The van der Waals surface area contributed by atoms with Crippen LogP contribution < -0.4 is 21.1 Å². The van der Waals surface area contributed by atoms with Gasteiger partial charge in [0, 0.05) is 79.1 Å². The summed E-state index contributed by atoms with van der Waals surface area (Å²) in [6, 6.07) is 14.5. The Morgan fingerprint density at radius 1 is 1.09 bits per heavy atom. The molecule has 0 bridgehead atoms. The minimum atomic E-state index is -1.10. The quantitative estimate of drug-likeness (QED) is 0.246. The van der Waals surface area contributed by atoms with E-state index in [2.05, 4.69) is 49.9 Å². The Morgan fingerprint density at radius 2 is 1.89 bits per heavy atom. The Hall–Kier alpha value is -4.53. The molecule has 0 saturated carbocycles. The Kier molecular flexibility index (Phi) is 8.80. The summed E-state index contributed by atoms with van der Waals surface area (Å²) in [5.41, 5.74) is 2.80. The van der Waals surface area contributed by atoms with Gasteiger partial charge in [0.15, 0.2) is 0 Å². The van der Waals surface area contributed by atoms with Crippen molar-refractivity contribution in [3.63, 3.8) is 0 Å². The van der Waals surface area contributed by atoms with Gasteiger partial charge >= 0.3 is 0 Å². The molecule has 2 fully saturated rings. The second-order valence-electron chi connectivity index (χ2n) is 12.0. The summed E-state index contributed by atoms with van der Waals surface area (Å²) in [5, 5.41) is 14.9. The van der Waals surface area contributed by atoms with Crippen LogP contribution in [-0.2, 0) is 11.0 Å². The number of hydrogen-bond donors (Lipinski definition) is 2. The van der Waals surface area contributed by atoms with Crippen molar-refractivity contribution in [2.75, 3.05) is 49.7 Å². The zero-order valence-electron chi connectivity index (χ0n) is 26.2. The average molecular weight is 658 g/mol. The van der Waals surface area contributed by atoms with Gasteiger partial charge in [0.1, 0.15) is 11.5 Å². The second-order valence-corrected chi connectivity index (χ2v) is 13.4. The zero-order valence-corrected chi connectivity index (χ0v) is 27.0. The molecule has 0 amide bonds. The van der Waals surface area contributed by atoms with Gasteiger partial charge in [-0.3, -0.25) is 9.36 Å². The van der Waals surface area contributed by atoms with Crippen molar-refractivity contribution in [3.05, 3.63) is 77.3 Å².